The molecule has 0 spiro atoms. The van der Waals surface area contributed by atoms with Gasteiger partial charge in [-0.15, -0.1) is 0 Å². The minimum absolute atomic E-state index is 0.0441. The minimum atomic E-state index is -0.226. The van der Waals surface area contributed by atoms with Gasteiger partial charge in [0.25, 0.3) is 5.91 Å². The highest BCUT2D eigenvalue weighted by atomic mass is 16.2. The van der Waals surface area contributed by atoms with E-state index in [-0.39, 0.29) is 24.5 Å². The summed E-state index contributed by atoms with van der Waals surface area (Å²) in [5, 5.41) is 5.20. The van der Waals surface area contributed by atoms with Crippen LogP contribution >= 0.6 is 0 Å². The molecular weight excluding hydrogens is 370 g/mol. The molecule has 0 bridgehead atoms. The van der Waals surface area contributed by atoms with Gasteiger partial charge in [-0.25, -0.2) is 19.7 Å². The van der Waals surface area contributed by atoms with Crippen molar-refractivity contribution in [2.75, 3.05) is 29.4 Å². The van der Waals surface area contributed by atoms with Gasteiger partial charge < -0.3 is 9.80 Å². The van der Waals surface area contributed by atoms with Crippen molar-refractivity contribution in [1.29, 1.82) is 0 Å². The lowest BCUT2D eigenvalue weighted by molar-refractivity contribution is -0.116. The van der Waals surface area contributed by atoms with Crippen LogP contribution in [0.2, 0.25) is 0 Å². The number of hydrogen-bond donors (Lipinski definition) is 0. The number of urea groups is 1. The van der Waals surface area contributed by atoms with E-state index in [9.17, 15) is 9.59 Å². The lowest BCUT2D eigenvalue weighted by atomic mass is 10.0. The van der Waals surface area contributed by atoms with Crippen molar-refractivity contribution in [3.8, 4) is 0 Å². The number of carbonyl (C=O) groups is 2. The zero-order chi connectivity index (χ0) is 20.0. The number of anilines is 2. The third-order valence-electron chi connectivity index (χ3n) is 5.72. The fourth-order valence-electron chi connectivity index (χ4n) is 4.23. The summed E-state index contributed by atoms with van der Waals surface area (Å²) in [7, 11) is 1.86. The Morgan fingerprint density at radius 2 is 1.79 bits per heavy atom. The summed E-state index contributed by atoms with van der Waals surface area (Å²) in [6.07, 6.45) is 4.92. The zero-order valence-corrected chi connectivity index (χ0v) is 16.1. The summed E-state index contributed by atoms with van der Waals surface area (Å²) in [5.74, 6) is 0.702. The second kappa shape index (κ2) is 6.84. The molecule has 4 heterocycles. The molecule has 0 saturated carbocycles. The van der Waals surface area contributed by atoms with Gasteiger partial charge in [0.1, 0.15) is 18.7 Å². The summed E-state index contributed by atoms with van der Waals surface area (Å²) >= 11 is 0. The summed E-state index contributed by atoms with van der Waals surface area (Å²) < 4.78 is 1.74. The number of benzene rings is 1. The molecule has 148 valence electrons. The first kappa shape index (κ1) is 17.6. The molecule has 0 aliphatic carbocycles. The number of imide groups is 1. The van der Waals surface area contributed by atoms with E-state index in [0.717, 1.165) is 42.8 Å². The maximum absolute atomic E-state index is 12.9. The molecule has 2 aliphatic heterocycles. The fraction of sp³-hybridized carbons (Fsp3) is 0.350. The Morgan fingerprint density at radius 1 is 1.03 bits per heavy atom. The lowest BCUT2D eigenvalue weighted by Crippen LogP contribution is -2.46. The first-order valence-corrected chi connectivity index (χ1v) is 9.70. The molecule has 9 nitrogen and oxygen atoms in total. The molecule has 2 saturated heterocycles. The Labute approximate surface area is 167 Å². The third kappa shape index (κ3) is 2.89. The molecule has 0 N–H and O–H groups in total. The molecule has 3 aromatic rings. The Morgan fingerprint density at radius 3 is 2.55 bits per heavy atom. The number of rotatable bonds is 3. The van der Waals surface area contributed by atoms with E-state index >= 15 is 0 Å². The third-order valence-corrected chi connectivity index (χ3v) is 5.72. The van der Waals surface area contributed by atoms with Crippen molar-refractivity contribution >= 4 is 34.5 Å². The molecule has 5 rings (SSSR count). The molecule has 0 atom stereocenters. The van der Waals surface area contributed by atoms with Crippen molar-refractivity contribution in [3.05, 3.63) is 42.9 Å². The smallest absolute Gasteiger partial charge is 0.332 e. The van der Waals surface area contributed by atoms with E-state index in [1.54, 1.807) is 34.2 Å². The van der Waals surface area contributed by atoms with Crippen LogP contribution in [0.1, 0.15) is 12.8 Å². The predicted molar refractivity (Wildman–Crippen MR) is 108 cm³/mol. The largest absolute Gasteiger partial charge is 0.356 e. The van der Waals surface area contributed by atoms with Gasteiger partial charge in [0, 0.05) is 26.2 Å². The molecule has 9 heteroatoms. The van der Waals surface area contributed by atoms with Crippen molar-refractivity contribution in [1.82, 2.24) is 24.6 Å². The van der Waals surface area contributed by atoms with Crippen LogP contribution in [0.25, 0.3) is 11.0 Å². The number of aromatic nitrogens is 4. The SMILES string of the molecule is Cn1ncc2c(N3CCC(N4CC(=O)N(c5ccccc5)C4=O)CC3)ncnc21. The Kier molecular flexibility index (Phi) is 4.15. The van der Waals surface area contributed by atoms with Gasteiger partial charge in [0.05, 0.1) is 17.3 Å². The predicted octanol–water partition coefficient (Wildman–Crippen LogP) is 1.80. The monoisotopic (exact) mass is 391 g/mol. The van der Waals surface area contributed by atoms with E-state index in [0.29, 0.717) is 5.69 Å². The fourth-order valence-corrected chi connectivity index (χ4v) is 4.23. The molecule has 0 unspecified atom stereocenters. The van der Waals surface area contributed by atoms with Gasteiger partial charge >= 0.3 is 6.03 Å². The molecule has 0 radical (unpaired) electrons. The number of aryl methyl sites for hydroxylation is 1. The second-order valence-electron chi connectivity index (χ2n) is 7.40. The maximum atomic E-state index is 12.9. The number of piperidine rings is 1. The van der Waals surface area contributed by atoms with Gasteiger partial charge in [-0.1, -0.05) is 18.2 Å². The van der Waals surface area contributed by atoms with Crippen molar-refractivity contribution in [3.63, 3.8) is 0 Å². The minimum Gasteiger partial charge on any atom is -0.356 e. The van der Waals surface area contributed by atoms with Crippen molar-refractivity contribution < 1.29 is 9.59 Å². The van der Waals surface area contributed by atoms with Crippen LogP contribution in [0.5, 0.6) is 0 Å². The van der Waals surface area contributed by atoms with E-state index in [1.807, 2.05) is 25.2 Å². The lowest BCUT2D eigenvalue weighted by Gasteiger charge is -2.36. The van der Waals surface area contributed by atoms with Crippen molar-refractivity contribution in [2.45, 2.75) is 18.9 Å². The molecule has 2 fully saturated rings. The van der Waals surface area contributed by atoms with Crippen LogP contribution in [0.4, 0.5) is 16.3 Å². The van der Waals surface area contributed by atoms with Crippen LogP contribution in [0.15, 0.2) is 42.9 Å². The van der Waals surface area contributed by atoms with Gasteiger partial charge in [-0.05, 0) is 25.0 Å². The second-order valence-corrected chi connectivity index (χ2v) is 7.40. The molecule has 3 amide bonds. The summed E-state index contributed by atoms with van der Waals surface area (Å²) in [6.45, 7) is 1.66. The quantitative estimate of drug-likeness (QED) is 0.633. The Bertz CT molecular complexity index is 1070. The first-order valence-electron chi connectivity index (χ1n) is 9.70. The topological polar surface area (TPSA) is 87.5 Å². The van der Waals surface area contributed by atoms with Gasteiger partial charge in [0.2, 0.25) is 0 Å². The number of nitrogens with zero attached hydrogens (tertiary/aromatic N) is 7. The van der Waals surface area contributed by atoms with Crippen LogP contribution in [-0.2, 0) is 11.8 Å². The maximum Gasteiger partial charge on any atom is 0.332 e. The average Bonchev–Trinajstić information content (AvgIpc) is 3.28. The number of fused-ring (bicyclic) bond motifs is 1. The highest BCUT2D eigenvalue weighted by Gasteiger charge is 2.41. The highest BCUT2D eigenvalue weighted by Crippen LogP contribution is 2.29. The highest BCUT2D eigenvalue weighted by molar-refractivity contribution is 6.19. The van der Waals surface area contributed by atoms with E-state index in [2.05, 4.69) is 20.0 Å². The van der Waals surface area contributed by atoms with Gasteiger partial charge in [-0.3, -0.25) is 9.48 Å². The number of hydrogen-bond acceptors (Lipinski definition) is 6. The zero-order valence-electron chi connectivity index (χ0n) is 16.1. The molecule has 1 aromatic carbocycles. The normalized spacial score (nSPS) is 18.3. The van der Waals surface area contributed by atoms with E-state index in [4.69, 9.17) is 0 Å². The molecule has 2 aliphatic rings. The van der Waals surface area contributed by atoms with Crippen LogP contribution < -0.4 is 9.80 Å². The summed E-state index contributed by atoms with van der Waals surface area (Å²) in [5.41, 5.74) is 1.43. The van der Waals surface area contributed by atoms with Crippen molar-refractivity contribution in [2.24, 2.45) is 7.05 Å². The summed E-state index contributed by atoms with van der Waals surface area (Å²) in [4.78, 5) is 39.4. The molecular formula is C20H21N7O2. The molecule has 2 aromatic heterocycles. The first-order chi connectivity index (χ1) is 14.1. The average molecular weight is 391 g/mol. The van der Waals surface area contributed by atoms with E-state index < -0.39 is 0 Å². The number of para-hydroxylation sites is 1. The molecule has 29 heavy (non-hydrogen) atoms. The standard InChI is InChI=1S/C20H21N7O2/c1-24-18-16(11-23-24)19(22-13-21-18)25-9-7-14(8-10-25)26-12-17(28)27(20(26)29)15-5-3-2-4-6-15/h2-6,11,13-14H,7-10,12H2,1H3. The Hall–Kier alpha value is -3.49. The van der Waals surface area contributed by atoms with Crippen LogP contribution in [0, 0.1) is 0 Å². The van der Waals surface area contributed by atoms with Crippen LogP contribution in [-0.4, -0.2) is 62.3 Å². The van der Waals surface area contributed by atoms with E-state index in [1.165, 1.54) is 4.90 Å². The number of amides is 3. The van der Waals surface area contributed by atoms with Gasteiger partial charge in [0.15, 0.2) is 5.65 Å². The summed E-state index contributed by atoms with van der Waals surface area (Å²) in [6, 6.07) is 8.93. The Balaban J connectivity index is 1.31. The van der Waals surface area contributed by atoms with Crippen LogP contribution in [0.3, 0.4) is 0 Å². The number of carbonyl (C=O) groups excluding carboxylic acids is 2. The van der Waals surface area contributed by atoms with Gasteiger partial charge in [-0.2, -0.15) is 5.10 Å².